The number of anilines is 1. The molecule has 0 aliphatic heterocycles. The third-order valence-electron chi connectivity index (χ3n) is 2.33. The Bertz CT molecular complexity index is 581. The predicted molar refractivity (Wildman–Crippen MR) is 68.0 cm³/mol. The van der Waals surface area contributed by atoms with Gasteiger partial charge in [-0.25, -0.2) is 4.98 Å². The zero-order valence-corrected chi connectivity index (χ0v) is 10.5. The number of pyridine rings is 1. The molecule has 2 aromatic heterocycles. The van der Waals surface area contributed by atoms with E-state index in [2.05, 4.69) is 15.4 Å². The van der Waals surface area contributed by atoms with E-state index < -0.39 is 0 Å². The lowest BCUT2D eigenvalue weighted by Crippen LogP contribution is -2.23. The van der Waals surface area contributed by atoms with Gasteiger partial charge in [0.2, 0.25) is 0 Å². The molecule has 0 aromatic carbocycles. The van der Waals surface area contributed by atoms with Crippen molar-refractivity contribution in [1.29, 1.82) is 0 Å². The van der Waals surface area contributed by atoms with E-state index in [4.69, 9.17) is 17.3 Å². The van der Waals surface area contributed by atoms with Gasteiger partial charge in [0.05, 0.1) is 22.8 Å². The van der Waals surface area contributed by atoms with Crippen LogP contribution in [-0.2, 0) is 13.6 Å². The van der Waals surface area contributed by atoms with Gasteiger partial charge in [-0.15, -0.1) is 0 Å². The largest absolute Gasteiger partial charge is 0.382 e. The van der Waals surface area contributed by atoms with E-state index in [1.54, 1.807) is 4.68 Å². The molecule has 0 saturated heterocycles. The molecule has 0 aliphatic rings. The minimum Gasteiger partial charge on any atom is -0.382 e. The quantitative estimate of drug-likeness (QED) is 0.866. The molecule has 7 heteroatoms. The minimum atomic E-state index is -0.268. The van der Waals surface area contributed by atoms with E-state index in [0.29, 0.717) is 12.1 Å². The fourth-order valence-electron chi connectivity index (χ4n) is 1.40. The average Bonchev–Trinajstić information content (AvgIpc) is 2.75. The van der Waals surface area contributed by atoms with Crippen LogP contribution < -0.4 is 11.1 Å². The summed E-state index contributed by atoms with van der Waals surface area (Å²) < 4.78 is 1.67. The van der Waals surface area contributed by atoms with Gasteiger partial charge in [0.25, 0.3) is 5.91 Å². The molecule has 0 radical (unpaired) electrons. The molecule has 0 saturated carbocycles. The van der Waals surface area contributed by atoms with Crippen LogP contribution in [-0.4, -0.2) is 20.7 Å². The highest BCUT2D eigenvalue weighted by molar-refractivity contribution is 6.33. The van der Waals surface area contributed by atoms with Crippen LogP contribution in [0.4, 0.5) is 5.82 Å². The number of rotatable bonds is 3. The van der Waals surface area contributed by atoms with Crippen LogP contribution in [0.15, 0.2) is 24.5 Å². The van der Waals surface area contributed by atoms with Crippen molar-refractivity contribution in [3.63, 3.8) is 0 Å². The molecule has 3 N–H and O–H groups in total. The first kappa shape index (κ1) is 12.4. The summed E-state index contributed by atoms with van der Waals surface area (Å²) in [5.74, 6) is -0.0620. The fraction of sp³-hybridized carbons (Fsp3) is 0.182. The molecule has 0 bridgehead atoms. The summed E-state index contributed by atoms with van der Waals surface area (Å²) in [6, 6.07) is 3.31. The van der Waals surface area contributed by atoms with Crippen molar-refractivity contribution < 1.29 is 4.79 Å². The summed E-state index contributed by atoms with van der Waals surface area (Å²) in [5.41, 5.74) is 6.61. The first-order valence-corrected chi connectivity index (χ1v) is 5.62. The van der Waals surface area contributed by atoms with Gasteiger partial charge in [0.15, 0.2) is 0 Å². The number of aryl methyl sites for hydroxylation is 1. The Morgan fingerprint density at radius 3 is 3.00 bits per heavy atom. The number of nitrogens with two attached hydrogens (primary N) is 1. The lowest BCUT2D eigenvalue weighted by Gasteiger charge is -2.04. The molecule has 2 heterocycles. The van der Waals surface area contributed by atoms with Crippen molar-refractivity contribution in [2.24, 2.45) is 7.05 Å². The number of carbonyl (C=O) groups excluding carboxylic acids is 1. The molecule has 2 rings (SSSR count). The fourth-order valence-corrected chi connectivity index (χ4v) is 1.57. The monoisotopic (exact) mass is 265 g/mol. The van der Waals surface area contributed by atoms with Crippen LogP contribution in [0.25, 0.3) is 0 Å². The van der Waals surface area contributed by atoms with Crippen LogP contribution in [0, 0.1) is 0 Å². The molecule has 2 aromatic rings. The van der Waals surface area contributed by atoms with E-state index in [1.807, 2.05) is 19.3 Å². The van der Waals surface area contributed by atoms with Crippen molar-refractivity contribution in [2.45, 2.75) is 6.54 Å². The van der Waals surface area contributed by atoms with Gasteiger partial charge >= 0.3 is 0 Å². The second-order valence-electron chi connectivity index (χ2n) is 3.75. The van der Waals surface area contributed by atoms with Gasteiger partial charge in [0.1, 0.15) is 5.82 Å². The van der Waals surface area contributed by atoms with E-state index >= 15 is 0 Å². The molecular weight excluding hydrogens is 254 g/mol. The molecule has 18 heavy (non-hydrogen) atoms. The molecule has 0 spiro atoms. The first-order valence-electron chi connectivity index (χ1n) is 5.24. The number of halogens is 1. The van der Waals surface area contributed by atoms with Crippen LogP contribution in [0.2, 0.25) is 5.02 Å². The highest BCUT2D eigenvalue weighted by Crippen LogP contribution is 2.16. The number of nitrogens with one attached hydrogen (secondary N) is 1. The van der Waals surface area contributed by atoms with E-state index in [-0.39, 0.29) is 16.7 Å². The smallest absolute Gasteiger partial charge is 0.253 e. The normalized spacial score (nSPS) is 10.3. The minimum absolute atomic E-state index is 0.206. The predicted octanol–water partition coefficient (Wildman–Crippen LogP) is 0.981. The Hall–Kier alpha value is -2.08. The Morgan fingerprint density at radius 1 is 1.61 bits per heavy atom. The van der Waals surface area contributed by atoms with Crippen LogP contribution in [0.3, 0.4) is 0 Å². The van der Waals surface area contributed by atoms with Crippen LogP contribution in [0.1, 0.15) is 16.1 Å². The highest BCUT2D eigenvalue weighted by Gasteiger charge is 2.08. The average molecular weight is 266 g/mol. The zero-order chi connectivity index (χ0) is 13.1. The molecule has 6 nitrogen and oxygen atoms in total. The second kappa shape index (κ2) is 5.05. The highest BCUT2D eigenvalue weighted by atomic mass is 35.5. The Kier molecular flexibility index (Phi) is 3.47. The van der Waals surface area contributed by atoms with Crippen molar-refractivity contribution >= 4 is 23.3 Å². The van der Waals surface area contributed by atoms with Gasteiger partial charge < -0.3 is 11.1 Å². The van der Waals surface area contributed by atoms with Crippen LogP contribution >= 0.6 is 11.6 Å². The van der Waals surface area contributed by atoms with Gasteiger partial charge in [-0.05, 0) is 12.1 Å². The van der Waals surface area contributed by atoms with E-state index in [1.165, 1.54) is 12.3 Å². The second-order valence-corrected chi connectivity index (χ2v) is 4.16. The van der Waals surface area contributed by atoms with Gasteiger partial charge in [-0.2, -0.15) is 5.10 Å². The Balaban J connectivity index is 2.01. The summed E-state index contributed by atoms with van der Waals surface area (Å²) in [6.45, 7) is 0.349. The summed E-state index contributed by atoms with van der Waals surface area (Å²) in [5, 5.41) is 7.13. The number of hydrogen-bond donors (Lipinski definition) is 2. The number of amides is 1. The third kappa shape index (κ3) is 2.78. The number of nitrogen functional groups attached to an aromatic ring is 1. The summed E-state index contributed by atoms with van der Waals surface area (Å²) in [6.07, 6.45) is 3.19. The lowest BCUT2D eigenvalue weighted by atomic mass is 10.2. The SMILES string of the molecule is Cn1ccc(CNC(=O)c2cnc(N)c(Cl)c2)n1. The number of hydrogen-bond acceptors (Lipinski definition) is 4. The van der Waals surface area contributed by atoms with Crippen molar-refractivity contribution in [1.82, 2.24) is 20.1 Å². The van der Waals surface area contributed by atoms with E-state index in [0.717, 1.165) is 5.69 Å². The zero-order valence-electron chi connectivity index (χ0n) is 9.72. The Morgan fingerprint density at radius 2 is 2.39 bits per heavy atom. The number of nitrogens with zero attached hydrogens (tertiary/aromatic N) is 3. The molecule has 1 amide bonds. The number of carbonyl (C=O) groups is 1. The maximum Gasteiger partial charge on any atom is 0.253 e. The molecule has 0 unspecified atom stereocenters. The Labute approximate surface area is 109 Å². The van der Waals surface area contributed by atoms with Crippen molar-refractivity contribution in [3.8, 4) is 0 Å². The van der Waals surface area contributed by atoms with Gasteiger partial charge in [-0.1, -0.05) is 11.6 Å². The molecule has 0 aliphatic carbocycles. The van der Waals surface area contributed by atoms with Gasteiger partial charge in [-0.3, -0.25) is 9.48 Å². The molecular formula is C11H12ClN5O. The standard InChI is InChI=1S/C11H12ClN5O/c1-17-3-2-8(16-17)6-15-11(18)7-4-9(12)10(13)14-5-7/h2-5H,6H2,1H3,(H2,13,14)(H,15,18). The van der Waals surface area contributed by atoms with Crippen LogP contribution in [0.5, 0.6) is 0 Å². The summed E-state index contributed by atoms with van der Waals surface area (Å²) in [4.78, 5) is 15.6. The maximum absolute atomic E-state index is 11.8. The van der Waals surface area contributed by atoms with Gasteiger partial charge in [0, 0.05) is 19.4 Å². The topological polar surface area (TPSA) is 85.8 Å². The summed E-state index contributed by atoms with van der Waals surface area (Å²) >= 11 is 5.80. The molecule has 94 valence electrons. The third-order valence-corrected chi connectivity index (χ3v) is 2.63. The number of aromatic nitrogens is 3. The molecule has 0 atom stereocenters. The summed E-state index contributed by atoms with van der Waals surface area (Å²) in [7, 11) is 1.81. The van der Waals surface area contributed by atoms with Crippen molar-refractivity contribution in [3.05, 3.63) is 40.8 Å². The van der Waals surface area contributed by atoms with E-state index in [9.17, 15) is 4.79 Å². The first-order chi connectivity index (χ1) is 8.56. The van der Waals surface area contributed by atoms with Crippen molar-refractivity contribution in [2.75, 3.05) is 5.73 Å². The molecule has 0 fully saturated rings. The lowest BCUT2D eigenvalue weighted by molar-refractivity contribution is 0.0950. The maximum atomic E-state index is 11.8.